The van der Waals surface area contributed by atoms with Crippen LogP contribution in [-0.2, 0) is 19.4 Å². The van der Waals surface area contributed by atoms with E-state index >= 15 is 0 Å². The van der Waals surface area contributed by atoms with E-state index in [1.54, 1.807) is 0 Å². The molecule has 1 aliphatic rings. The quantitative estimate of drug-likeness (QED) is 0.483. The summed E-state index contributed by atoms with van der Waals surface area (Å²) in [5.74, 6) is 0.698. The smallest absolute Gasteiger partial charge is 0.243 e. The van der Waals surface area contributed by atoms with Gasteiger partial charge in [0.1, 0.15) is 0 Å². The summed E-state index contributed by atoms with van der Waals surface area (Å²) in [5.41, 5.74) is 8.50. The van der Waals surface area contributed by atoms with Gasteiger partial charge in [-0.15, -0.1) is 5.10 Å². The number of anilines is 1. The zero-order chi connectivity index (χ0) is 21.4. The van der Waals surface area contributed by atoms with Gasteiger partial charge in [-0.1, -0.05) is 37.1 Å². The SMILES string of the molecule is CCCCn1ncc2c1CCC(Nc1nc3c(-c4ccc(C)cc4C)cccn3n1)C2. The Morgan fingerprint density at radius 1 is 1.16 bits per heavy atom. The standard InChI is InChI=1S/C25H30N6/c1-4-5-12-30-23-11-9-20(15-19(23)16-26-30)27-25-28-24-22(7-6-13-31(24)29-25)21-10-8-17(2)14-18(21)3/h6-8,10,13-14,16,20H,4-5,9,11-12,15H2,1-3H3,(H,27,29). The van der Waals surface area contributed by atoms with E-state index in [1.807, 2.05) is 23.0 Å². The minimum Gasteiger partial charge on any atom is -0.350 e. The van der Waals surface area contributed by atoms with Gasteiger partial charge in [-0.25, -0.2) is 4.52 Å². The van der Waals surface area contributed by atoms with Gasteiger partial charge in [0.25, 0.3) is 0 Å². The second kappa shape index (κ2) is 8.17. The summed E-state index contributed by atoms with van der Waals surface area (Å²) in [4.78, 5) is 4.87. The molecule has 0 radical (unpaired) electrons. The number of nitrogens with one attached hydrogen (secondary N) is 1. The fourth-order valence-electron chi connectivity index (χ4n) is 4.69. The maximum absolute atomic E-state index is 4.87. The number of hydrogen-bond acceptors (Lipinski definition) is 4. The largest absolute Gasteiger partial charge is 0.350 e. The summed E-state index contributed by atoms with van der Waals surface area (Å²) in [5, 5.41) is 12.9. The van der Waals surface area contributed by atoms with Gasteiger partial charge in [0, 0.05) is 30.0 Å². The molecule has 6 nitrogen and oxygen atoms in total. The molecule has 0 aliphatic heterocycles. The van der Waals surface area contributed by atoms with Crippen molar-refractivity contribution in [1.29, 1.82) is 0 Å². The van der Waals surface area contributed by atoms with Crippen LogP contribution >= 0.6 is 0 Å². The molecule has 160 valence electrons. The van der Waals surface area contributed by atoms with Crippen LogP contribution in [0.25, 0.3) is 16.8 Å². The number of rotatable bonds is 6. The predicted octanol–water partition coefficient (Wildman–Crippen LogP) is 4.98. The molecule has 1 aromatic carbocycles. The first-order chi connectivity index (χ1) is 15.1. The second-order valence-corrected chi connectivity index (χ2v) is 8.72. The Hall–Kier alpha value is -3.15. The van der Waals surface area contributed by atoms with Crippen molar-refractivity contribution < 1.29 is 0 Å². The molecular weight excluding hydrogens is 384 g/mol. The van der Waals surface area contributed by atoms with Crippen molar-refractivity contribution in [2.45, 2.75) is 65.5 Å². The first-order valence-corrected chi connectivity index (χ1v) is 11.4. The highest BCUT2D eigenvalue weighted by molar-refractivity contribution is 5.80. The van der Waals surface area contributed by atoms with E-state index in [4.69, 9.17) is 10.1 Å². The third-order valence-corrected chi connectivity index (χ3v) is 6.32. The summed E-state index contributed by atoms with van der Waals surface area (Å²) >= 11 is 0. The van der Waals surface area contributed by atoms with Crippen LogP contribution in [0.15, 0.2) is 42.7 Å². The molecule has 0 fully saturated rings. The van der Waals surface area contributed by atoms with Crippen LogP contribution in [0, 0.1) is 13.8 Å². The molecule has 0 amide bonds. The molecule has 1 unspecified atom stereocenters. The molecule has 0 spiro atoms. The van der Waals surface area contributed by atoms with E-state index in [-0.39, 0.29) is 0 Å². The zero-order valence-corrected chi connectivity index (χ0v) is 18.6. The third-order valence-electron chi connectivity index (χ3n) is 6.32. The zero-order valence-electron chi connectivity index (χ0n) is 18.6. The summed E-state index contributed by atoms with van der Waals surface area (Å²) in [6, 6.07) is 11.1. The number of pyridine rings is 1. The average Bonchev–Trinajstić information content (AvgIpc) is 3.35. The van der Waals surface area contributed by atoms with Crippen molar-refractivity contribution >= 4 is 11.6 Å². The van der Waals surface area contributed by atoms with Gasteiger partial charge < -0.3 is 5.32 Å². The first-order valence-electron chi connectivity index (χ1n) is 11.4. The summed E-state index contributed by atoms with van der Waals surface area (Å²) in [6.07, 6.45) is 9.50. The lowest BCUT2D eigenvalue weighted by atomic mass is 9.93. The number of fused-ring (bicyclic) bond motifs is 2. The van der Waals surface area contributed by atoms with Crippen LogP contribution in [0.1, 0.15) is 48.6 Å². The van der Waals surface area contributed by atoms with Crippen molar-refractivity contribution in [1.82, 2.24) is 24.4 Å². The van der Waals surface area contributed by atoms with Gasteiger partial charge in [-0.2, -0.15) is 10.1 Å². The summed E-state index contributed by atoms with van der Waals surface area (Å²) in [6.45, 7) is 7.53. The molecule has 3 heterocycles. The number of nitrogens with zero attached hydrogens (tertiary/aromatic N) is 5. The average molecular weight is 415 g/mol. The highest BCUT2D eigenvalue weighted by Gasteiger charge is 2.23. The fourth-order valence-corrected chi connectivity index (χ4v) is 4.69. The minimum absolute atomic E-state index is 0.332. The Labute approximate surface area is 183 Å². The van der Waals surface area contributed by atoms with Crippen LogP contribution in [0.3, 0.4) is 0 Å². The van der Waals surface area contributed by atoms with Crippen LogP contribution in [0.5, 0.6) is 0 Å². The molecule has 0 saturated carbocycles. The molecule has 1 N–H and O–H groups in total. The molecule has 0 saturated heterocycles. The van der Waals surface area contributed by atoms with E-state index in [0.717, 1.165) is 37.0 Å². The van der Waals surface area contributed by atoms with Crippen molar-refractivity contribution in [3.05, 3.63) is 65.1 Å². The minimum atomic E-state index is 0.332. The lowest BCUT2D eigenvalue weighted by molar-refractivity contribution is 0.517. The normalized spacial score (nSPS) is 15.9. The van der Waals surface area contributed by atoms with Crippen molar-refractivity contribution in [3.8, 4) is 11.1 Å². The molecule has 1 aliphatic carbocycles. The van der Waals surface area contributed by atoms with Crippen LogP contribution in [0.2, 0.25) is 0 Å². The van der Waals surface area contributed by atoms with Gasteiger partial charge in [0.2, 0.25) is 5.95 Å². The van der Waals surface area contributed by atoms with Crippen molar-refractivity contribution in [2.24, 2.45) is 0 Å². The number of hydrogen-bond donors (Lipinski definition) is 1. The molecular formula is C25H30N6. The monoisotopic (exact) mass is 414 g/mol. The van der Waals surface area contributed by atoms with E-state index in [2.05, 4.69) is 60.1 Å². The Morgan fingerprint density at radius 3 is 2.90 bits per heavy atom. The van der Waals surface area contributed by atoms with E-state index in [9.17, 15) is 0 Å². The molecule has 31 heavy (non-hydrogen) atoms. The van der Waals surface area contributed by atoms with Crippen LogP contribution in [-0.4, -0.2) is 30.4 Å². The second-order valence-electron chi connectivity index (χ2n) is 8.72. The Morgan fingerprint density at radius 2 is 2.06 bits per heavy atom. The van der Waals surface area contributed by atoms with E-state index in [0.29, 0.717) is 12.0 Å². The lowest BCUT2D eigenvalue weighted by Crippen LogP contribution is -2.28. The maximum Gasteiger partial charge on any atom is 0.243 e. The third kappa shape index (κ3) is 3.82. The van der Waals surface area contributed by atoms with E-state index < -0.39 is 0 Å². The maximum atomic E-state index is 4.87. The predicted molar refractivity (Wildman–Crippen MR) is 124 cm³/mol. The Balaban J connectivity index is 1.38. The number of aromatic nitrogens is 5. The van der Waals surface area contributed by atoms with Crippen LogP contribution in [0.4, 0.5) is 5.95 Å². The topological polar surface area (TPSA) is 60.0 Å². The Bertz CT molecular complexity index is 1220. The molecule has 3 aromatic heterocycles. The first kappa shape index (κ1) is 19.8. The number of unbranched alkanes of at least 4 members (excludes halogenated alkanes) is 1. The van der Waals surface area contributed by atoms with Crippen molar-refractivity contribution in [3.63, 3.8) is 0 Å². The van der Waals surface area contributed by atoms with Gasteiger partial charge in [0.05, 0.1) is 6.20 Å². The lowest BCUT2D eigenvalue weighted by Gasteiger charge is -2.23. The van der Waals surface area contributed by atoms with Gasteiger partial charge in [-0.05, 0) is 68.4 Å². The van der Waals surface area contributed by atoms with E-state index in [1.165, 1.54) is 40.8 Å². The number of benzene rings is 1. The molecule has 4 aromatic rings. The molecule has 1 atom stereocenters. The van der Waals surface area contributed by atoms with Crippen LogP contribution < -0.4 is 5.32 Å². The highest BCUT2D eigenvalue weighted by atomic mass is 15.3. The van der Waals surface area contributed by atoms with Gasteiger partial charge in [-0.3, -0.25) is 4.68 Å². The molecule has 6 heteroatoms. The fraction of sp³-hybridized carbons (Fsp3) is 0.400. The van der Waals surface area contributed by atoms with Gasteiger partial charge >= 0.3 is 0 Å². The number of aryl methyl sites for hydroxylation is 3. The Kier molecular flexibility index (Phi) is 5.22. The molecule has 5 rings (SSSR count). The summed E-state index contributed by atoms with van der Waals surface area (Å²) < 4.78 is 4.09. The van der Waals surface area contributed by atoms with Gasteiger partial charge in [0.15, 0.2) is 5.65 Å². The summed E-state index contributed by atoms with van der Waals surface area (Å²) in [7, 11) is 0. The highest BCUT2D eigenvalue weighted by Crippen LogP contribution is 2.29. The molecule has 0 bridgehead atoms. The van der Waals surface area contributed by atoms with Crippen molar-refractivity contribution in [2.75, 3.05) is 5.32 Å².